The van der Waals surface area contributed by atoms with E-state index in [1.54, 1.807) is 36.4 Å². The first-order valence-electron chi connectivity index (χ1n) is 12.4. The number of aryl methyl sites for hydroxylation is 1. The lowest BCUT2D eigenvalue weighted by Crippen LogP contribution is -2.36. The summed E-state index contributed by atoms with van der Waals surface area (Å²) in [4.78, 5) is 13.0. The van der Waals surface area contributed by atoms with Crippen LogP contribution in [0.4, 0.5) is 0 Å². The van der Waals surface area contributed by atoms with Crippen LogP contribution >= 0.6 is 0 Å². The van der Waals surface area contributed by atoms with Gasteiger partial charge < -0.3 is 24.4 Å². The third kappa shape index (κ3) is 6.42. The second-order valence-electron chi connectivity index (χ2n) is 10.00. The van der Waals surface area contributed by atoms with Crippen molar-refractivity contribution in [3.05, 3.63) is 88.0 Å². The van der Waals surface area contributed by atoms with E-state index in [2.05, 4.69) is 0 Å². The van der Waals surface area contributed by atoms with Gasteiger partial charge in [-0.25, -0.2) is 4.79 Å². The molecule has 1 aliphatic heterocycles. The van der Waals surface area contributed by atoms with Crippen LogP contribution in [0.15, 0.2) is 59.5 Å². The van der Waals surface area contributed by atoms with Crippen molar-refractivity contribution in [2.24, 2.45) is 0 Å². The number of fused-ring (bicyclic) bond motifs is 1. The third-order valence-electron chi connectivity index (χ3n) is 6.49. The molecule has 39 heavy (non-hydrogen) atoms. The highest BCUT2D eigenvalue weighted by Gasteiger charge is 2.38. The van der Waals surface area contributed by atoms with Gasteiger partial charge >= 0.3 is 5.97 Å². The summed E-state index contributed by atoms with van der Waals surface area (Å²) in [7, 11) is -2.65. The highest BCUT2D eigenvalue weighted by Crippen LogP contribution is 2.43. The first kappa shape index (κ1) is 28.6. The monoisotopic (exact) mass is 556 g/mol. The van der Waals surface area contributed by atoms with Gasteiger partial charge in [-0.3, -0.25) is 4.18 Å². The molecule has 1 heterocycles. The third-order valence-corrected chi connectivity index (χ3v) is 7.82. The van der Waals surface area contributed by atoms with E-state index < -0.39 is 27.8 Å². The summed E-state index contributed by atoms with van der Waals surface area (Å²) >= 11 is 0. The van der Waals surface area contributed by atoms with E-state index in [0.717, 1.165) is 5.56 Å². The Morgan fingerprint density at radius 2 is 1.77 bits per heavy atom. The minimum atomic E-state index is -4.09. The number of benzene rings is 3. The maximum atomic E-state index is 13.1. The van der Waals surface area contributed by atoms with Gasteiger partial charge in [0.1, 0.15) is 29.8 Å². The summed E-state index contributed by atoms with van der Waals surface area (Å²) in [5.74, 6) is 0.153. The molecule has 0 amide bonds. The van der Waals surface area contributed by atoms with Crippen LogP contribution in [-0.2, 0) is 38.9 Å². The van der Waals surface area contributed by atoms with Gasteiger partial charge in [0, 0.05) is 17.5 Å². The molecule has 0 aromatic heterocycles. The minimum Gasteiger partial charge on any atom is -0.496 e. The molecule has 4 rings (SSSR count). The van der Waals surface area contributed by atoms with Crippen LogP contribution in [0.1, 0.15) is 64.5 Å². The van der Waals surface area contributed by atoms with Gasteiger partial charge in [0.15, 0.2) is 0 Å². The molecule has 0 bridgehead atoms. The molecule has 1 unspecified atom stereocenters. The number of hydrogen-bond acceptors (Lipinski definition) is 9. The van der Waals surface area contributed by atoms with Crippen LogP contribution < -0.4 is 9.47 Å². The van der Waals surface area contributed by atoms with Crippen LogP contribution in [0.3, 0.4) is 0 Å². The predicted octanol–water partition coefficient (Wildman–Crippen LogP) is 4.35. The van der Waals surface area contributed by atoms with Gasteiger partial charge in [-0.15, -0.1) is 0 Å². The number of aliphatic hydroxyl groups excluding tert-OH is 2. The summed E-state index contributed by atoms with van der Waals surface area (Å²) in [5.41, 5.74) is 2.33. The van der Waals surface area contributed by atoms with E-state index in [1.165, 1.54) is 25.3 Å². The molecule has 0 radical (unpaired) electrons. The van der Waals surface area contributed by atoms with Gasteiger partial charge in [0.2, 0.25) is 0 Å². The Labute approximate surface area is 228 Å². The maximum absolute atomic E-state index is 13.1. The normalized spacial score (nSPS) is 16.2. The number of rotatable bonds is 9. The number of ether oxygens (including phenoxy) is 3. The van der Waals surface area contributed by atoms with E-state index in [9.17, 15) is 23.4 Å². The predicted molar refractivity (Wildman–Crippen MR) is 142 cm³/mol. The average Bonchev–Trinajstić information content (AvgIpc) is 2.90. The molecule has 0 aliphatic carbocycles. The quantitative estimate of drug-likeness (QED) is 0.292. The first-order chi connectivity index (χ1) is 18.5. The lowest BCUT2D eigenvalue weighted by Gasteiger charge is -2.37. The Morgan fingerprint density at radius 1 is 1.05 bits per heavy atom. The second kappa shape index (κ2) is 11.4. The van der Waals surface area contributed by atoms with Gasteiger partial charge in [-0.05, 0) is 74.4 Å². The van der Waals surface area contributed by atoms with Crippen LogP contribution in [0.25, 0.3) is 0 Å². The number of aliphatic hydroxyl groups is 2. The molecule has 3 aromatic rings. The molecule has 0 spiro atoms. The number of carbonyl (C=O) groups excluding carboxylic acids is 1. The Hall–Kier alpha value is -3.44. The smallest absolute Gasteiger partial charge is 0.338 e. The number of methoxy groups -OCH3 is 1. The standard InChI is InChI=1S/C29H32O9S/c1-18-5-8-22(9-6-18)39(33,34)38-27-14-29(2,3)37-25-10-7-20(13-23(25)27)28(32)36-17-19-11-21(15-30)24(16-31)26(12-19)35-4/h5-13,27,30-31H,14-17H2,1-4H3. The minimum absolute atomic E-state index is 0.0411. The number of hydrogen-bond donors (Lipinski definition) is 2. The molecule has 1 atom stereocenters. The van der Waals surface area contributed by atoms with Gasteiger partial charge in [0.05, 0.1) is 30.8 Å². The van der Waals surface area contributed by atoms with E-state index in [4.69, 9.17) is 18.4 Å². The summed E-state index contributed by atoms with van der Waals surface area (Å²) < 4.78 is 48.6. The van der Waals surface area contributed by atoms with Crippen molar-refractivity contribution < 1.29 is 41.8 Å². The van der Waals surface area contributed by atoms with Crippen molar-refractivity contribution in [3.63, 3.8) is 0 Å². The largest absolute Gasteiger partial charge is 0.496 e. The van der Waals surface area contributed by atoms with Crippen molar-refractivity contribution in [2.75, 3.05) is 7.11 Å². The second-order valence-corrected chi connectivity index (χ2v) is 11.6. The summed E-state index contributed by atoms with van der Waals surface area (Å²) in [6.07, 6.45) is -0.643. The molecule has 1 aliphatic rings. The number of esters is 1. The molecule has 10 heteroatoms. The molecular weight excluding hydrogens is 524 g/mol. The zero-order chi connectivity index (χ0) is 28.4. The Morgan fingerprint density at radius 3 is 2.41 bits per heavy atom. The fraction of sp³-hybridized carbons (Fsp3) is 0.345. The summed E-state index contributed by atoms with van der Waals surface area (Å²) in [6.45, 7) is 4.80. The Kier molecular flexibility index (Phi) is 8.31. The van der Waals surface area contributed by atoms with Crippen molar-refractivity contribution in [3.8, 4) is 11.5 Å². The SMILES string of the molecule is COc1cc(COC(=O)c2ccc3c(c2)C(OS(=O)(=O)c2ccc(C)cc2)CC(C)(C)O3)cc(CO)c1CO. The lowest BCUT2D eigenvalue weighted by molar-refractivity contribution is 0.0244. The van der Waals surface area contributed by atoms with E-state index in [1.807, 2.05) is 20.8 Å². The molecule has 3 aromatic carbocycles. The molecule has 0 saturated heterocycles. The van der Waals surface area contributed by atoms with Crippen LogP contribution in [-0.4, -0.2) is 37.3 Å². The van der Waals surface area contributed by atoms with E-state index in [0.29, 0.717) is 33.8 Å². The fourth-order valence-electron chi connectivity index (χ4n) is 4.50. The van der Waals surface area contributed by atoms with E-state index >= 15 is 0 Å². The van der Waals surface area contributed by atoms with Gasteiger partial charge in [0.25, 0.3) is 10.1 Å². The number of carbonyl (C=O) groups is 1. The van der Waals surface area contributed by atoms with E-state index in [-0.39, 0.29) is 36.7 Å². The Bertz CT molecular complexity index is 1440. The van der Waals surface area contributed by atoms with Crippen molar-refractivity contribution in [1.82, 2.24) is 0 Å². The molecule has 2 N–H and O–H groups in total. The molecule has 208 valence electrons. The molecular formula is C29H32O9S. The Balaban J connectivity index is 1.57. The summed E-state index contributed by atoms with van der Waals surface area (Å²) in [6, 6.07) is 14.3. The van der Waals surface area contributed by atoms with Gasteiger partial charge in [-0.1, -0.05) is 17.7 Å². The highest BCUT2D eigenvalue weighted by atomic mass is 32.2. The molecule has 0 fully saturated rings. The molecule has 0 saturated carbocycles. The van der Waals surface area contributed by atoms with Crippen LogP contribution in [0.5, 0.6) is 11.5 Å². The van der Waals surface area contributed by atoms with Crippen LogP contribution in [0.2, 0.25) is 0 Å². The van der Waals surface area contributed by atoms with Crippen molar-refractivity contribution >= 4 is 16.1 Å². The lowest BCUT2D eigenvalue weighted by atomic mass is 9.91. The molecule has 9 nitrogen and oxygen atoms in total. The van der Waals surface area contributed by atoms with Gasteiger partial charge in [-0.2, -0.15) is 8.42 Å². The zero-order valence-electron chi connectivity index (χ0n) is 22.3. The average molecular weight is 557 g/mol. The zero-order valence-corrected chi connectivity index (χ0v) is 23.1. The van der Waals surface area contributed by atoms with Crippen LogP contribution in [0, 0.1) is 6.92 Å². The maximum Gasteiger partial charge on any atom is 0.338 e. The van der Waals surface area contributed by atoms with Crippen molar-refractivity contribution in [2.45, 2.75) is 63.6 Å². The first-order valence-corrected chi connectivity index (χ1v) is 13.8. The fourth-order valence-corrected chi connectivity index (χ4v) is 5.56. The summed E-state index contributed by atoms with van der Waals surface area (Å²) in [5, 5.41) is 19.2. The highest BCUT2D eigenvalue weighted by molar-refractivity contribution is 7.86. The topological polar surface area (TPSA) is 129 Å². The van der Waals surface area contributed by atoms with Crippen molar-refractivity contribution in [1.29, 1.82) is 0 Å².